The third kappa shape index (κ3) is 6.44. The zero-order valence-electron chi connectivity index (χ0n) is 16.2. The Morgan fingerprint density at radius 2 is 1.67 bits per heavy atom. The molecule has 0 bridgehead atoms. The van der Waals surface area contributed by atoms with Crippen molar-refractivity contribution in [2.75, 3.05) is 13.2 Å². The number of para-hydroxylation sites is 1. The van der Waals surface area contributed by atoms with E-state index in [4.69, 9.17) is 9.47 Å². The van der Waals surface area contributed by atoms with Gasteiger partial charge in [0.15, 0.2) is 0 Å². The average molecular weight is 369 g/mol. The fourth-order valence-corrected chi connectivity index (χ4v) is 2.83. The molecule has 2 rings (SSSR count). The van der Waals surface area contributed by atoms with Crippen molar-refractivity contribution in [2.24, 2.45) is 0 Å². The molecule has 1 unspecified atom stereocenters. The average Bonchev–Trinajstić information content (AvgIpc) is 2.64. The molecule has 144 valence electrons. The molecular formula is C22H27NO4. The summed E-state index contributed by atoms with van der Waals surface area (Å²) in [4.78, 5) is 24.5. The fraction of sp³-hybridized carbons (Fsp3) is 0.364. The van der Waals surface area contributed by atoms with Gasteiger partial charge in [-0.2, -0.15) is 0 Å². The third-order valence-electron chi connectivity index (χ3n) is 4.17. The normalized spacial score (nSPS) is 11.5. The van der Waals surface area contributed by atoms with E-state index in [0.717, 1.165) is 22.4 Å². The topological polar surface area (TPSA) is 64.6 Å². The second-order valence-corrected chi connectivity index (χ2v) is 6.38. The number of hydrogen-bond acceptors (Lipinski definition) is 4. The molecule has 0 saturated carbocycles. The van der Waals surface area contributed by atoms with Gasteiger partial charge in [-0.25, -0.2) is 4.79 Å². The summed E-state index contributed by atoms with van der Waals surface area (Å²) in [6, 6.07) is 14.8. The van der Waals surface area contributed by atoms with Crippen molar-refractivity contribution in [2.45, 2.75) is 39.7 Å². The predicted molar refractivity (Wildman–Crippen MR) is 105 cm³/mol. The van der Waals surface area contributed by atoms with Gasteiger partial charge in [-0.05, 0) is 37.5 Å². The van der Waals surface area contributed by atoms with Gasteiger partial charge >= 0.3 is 5.97 Å². The van der Waals surface area contributed by atoms with Crippen LogP contribution < -0.4 is 10.1 Å². The number of rotatable bonds is 9. The highest BCUT2D eigenvalue weighted by Gasteiger charge is 2.22. The first-order valence-electron chi connectivity index (χ1n) is 9.20. The Hall–Kier alpha value is -2.82. The van der Waals surface area contributed by atoms with Crippen LogP contribution in [0.3, 0.4) is 0 Å². The maximum atomic E-state index is 12.3. The van der Waals surface area contributed by atoms with Gasteiger partial charge < -0.3 is 14.8 Å². The molecule has 0 aliphatic heterocycles. The van der Waals surface area contributed by atoms with Crippen LogP contribution in [0.15, 0.2) is 48.5 Å². The summed E-state index contributed by atoms with van der Waals surface area (Å²) in [6.07, 6.45) is 0.557. The Morgan fingerprint density at radius 3 is 2.30 bits per heavy atom. The van der Waals surface area contributed by atoms with Crippen LogP contribution in [-0.4, -0.2) is 31.1 Å². The van der Waals surface area contributed by atoms with Gasteiger partial charge in [0.25, 0.3) is 0 Å². The number of esters is 1. The molecule has 0 aliphatic carbocycles. The van der Waals surface area contributed by atoms with Crippen molar-refractivity contribution in [1.82, 2.24) is 5.32 Å². The van der Waals surface area contributed by atoms with Crippen LogP contribution in [0.5, 0.6) is 5.75 Å². The van der Waals surface area contributed by atoms with Gasteiger partial charge in [0.1, 0.15) is 11.8 Å². The maximum Gasteiger partial charge on any atom is 0.328 e. The first kappa shape index (κ1) is 20.5. The second-order valence-electron chi connectivity index (χ2n) is 6.38. The summed E-state index contributed by atoms with van der Waals surface area (Å²) < 4.78 is 10.9. The number of nitrogens with one attached hydrogen (secondary N) is 1. The van der Waals surface area contributed by atoms with Gasteiger partial charge in [-0.3, -0.25) is 4.79 Å². The highest BCUT2D eigenvalue weighted by molar-refractivity contribution is 5.84. The van der Waals surface area contributed by atoms with E-state index in [0.29, 0.717) is 6.42 Å². The molecule has 5 heteroatoms. The van der Waals surface area contributed by atoms with Crippen molar-refractivity contribution < 1.29 is 19.1 Å². The smallest absolute Gasteiger partial charge is 0.328 e. The highest BCUT2D eigenvalue weighted by atomic mass is 16.5. The standard InChI is InChI=1S/C22H27NO4/c1-4-26-22(25)19(15-18-11-6-5-7-12-18)23-20(24)13-14-27-21-16(2)9-8-10-17(21)3/h5-12,19H,4,13-15H2,1-3H3,(H,23,24). The van der Waals surface area contributed by atoms with E-state index in [1.54, 1.807) is 6.92 Å². The molecule has 0 heterocycles. The quantitative estimate of drug-likeness (QED) is 0.689. The molecule has 0 saturated heterocycles. The third-order valence-corrected chi connectivity index (χ3v) is 4.17. The molecule has 1 N–H and O–H groups in total. The lowest BCUT2D eigenvalue weighted by molar-refractivity contribution is -0.147. The van der Waals surface area contributed by atoms with E-state index in [2.05, 4.69) is 5.32 Å². The minimum absolute atomic E-state index is 0.165. The fourth-order valence-electron chi connectivity index (χ4n) is 2.83. The molecule has 0 fully saturated rings. The predicted octanol–water partition coefficient (Wildman–Crippen LogP) is 3.36. The second kappa shape index (κ2) is 10.4. The van der Waals surface area contributed by atoms with Crippen LogP contribution in [0.25, 0.3) is 0 Å². The number of carbonyl (C=O) groups is 2. The molecule has 5 nitrogen and oxygen atoms in total. The van der Waals surface area contributed by atoms with Crippen LogP contribution >= 0.6 is 0 Å². The van der Waals surface area contributed by atoms with Crippen molar-refractivity contribution in [1.29, 1.82) is 0 Å². The lowest BCUT2D eigenvalue weighted by Gasteiger charge is -2.18. The highest BCUT2D eigenvalue weighted by Crippen LogP contribution is 2.22. The number of carbonyl (C=O) groups excluding carboxylic acids is 2. The summed E-state index contributed by atoms with van der Waals surface area (Å²) in [6.45, 7) is 6.21. The minimum atomic E-state index is -0.708. The summed E-state index contributed by atoms with van der Waals surface area (Å²) in [5, 5.41) is 2.77. The number of benzene rings is 2. The molecule has 0 aliphatic rings. The maximum absolute atomic E-state index is 12.3. The minimum Gasteiger partial charge on any atom is -0.493 e. The number of aryl methyl sites for hydroxylation is 2. The van der Waals surface area contributed by atoms with E-state index in [-0.39, 0.29) is 25.5 Å². The summed E-state index contributed by atoms with van der Waals surface area (Å²) >= 11 is 0. The molecule has 0 radical (unpaired) electrons. The molecule has 0 spiro atoms. The molecular weight excluding hydrogens is 342 g/mol. The zero-order valence-corrected chi connectivity index (χ0v) is 16.2. The summed E-state index contributed by atoms with van der Waals surface area (Å²) in [5.74, 6) is 0.136. The van der Waals surface area contributed by atoms with E-state index < -0.39 is 12.0 Å². The Balaban J connectivity index is 1.91. The number of ether oxygens (including phenoxy) is 2. The monoisotopic (exact) mass is 369 g/mol. The number of amides is 1. The lowest BCUT2D eigenvalue weighted by atomic mass is 10.1. The van der Waals surface area contributed by atoms with Crippen molar-refractivity contribution >= 4 is 11.9 Å². The van der Waals surface area contributed by atoms with Crippen LogP contribution in [0.1, 0.15) is 30.0 Å². The van der Waals surface area contributed by atoms with E-state index in [9.17, 15) is 9.59 Å². The first-order chi connectivity index (χ1) is 13.0. The molecule has 0 aromatic heterocycles. The SMILES string of the molecule is CCOC(=O)C(Cc1ccccc1)NC(=O)CCOc1c(C)cccc1C. The molecule has 27 heavy (non-hydrogen) atoms. The van der Waals surface area contributed by atoms with Crippen LogP contribution in [0, 0.1) is 13.8 Å². The molecule has 1 atom stereocenters. The molecule has 2 aromatic carbocycles. The Kier molecular flexibility index (Phi) is 7.86. The Labute approximate surface area is 160 Å². The van der Waals surface area contributed by atoms with E-state index in [1.165, 1.54) is 0 Å². The van der Waals surface area contributed by atoms with Crippen LogP contribution in [-0.2, 0) is 20.7 Å². The summed E-state index contributed by atoms with van der Waals surface area (Å²) in [5.41, 5.74) is 3.02. The van der Waals surface area contributed by atoms with Crippen LogP contribution in [0.4, 0.5) is 0 Å². The van der Waals surface area contributed by atoms with Gasteiger partial charge in [-0.15, -0.1) is 0 Å². The Morgan fingerprint density at radius 1 is 1.00 bits per heavy atom. The van der Waals surface area contributed by atoms with E-state index >= 15 is 0 Å². The zero-order chi connectivity index (χ0) is 19.6. The van der Waals surface area contributed by atoms with Gasteiger partial charge in [-0.1, -0.05) is 48.5 Å². The molecule has 2 aromatic rings. The molecule has 1 amide bonds. The Bertz CT molecular complexity index is 738. The van der Waals surface area contributed by atoms with Crippen molar-refractivity contribution in [3.63, 3.8) is 0 Å². The first-order valence-corrected chi connectivity index (χ1v) is 9.20. The van der Waals surface area contributed by atoms with Gasteiger partial charge in [0.05, 0.1) is 19.6 Å². The van der Waals surface area contributed by atoms with Gasteiger partial charge in [0.2, 0.25) is 5.91 Å². The van der Waals surface area contributed by atoms with Gasteiger partial charge in [0, 0.05) is 6.42 Å². The van der Waals surface area contributed by atoms with Crippen LogP contribution in [0.2, 0.25) is 0 Å². The number of hydrogen-bond donors (Lipinski definition) is 1. The summed E-state index contributed by atoms with van der Waals surface area (Å²) in [7, 11) is 0. The van der Waals surface area contributed by atoms with Crippen molar-refractivity contribution in [3.05, 3.63) is 65.2 Å². The van der Waals surface area contributed by atoms with Crippen molar-refractivity contribution in [3.8, 4) is 5.75 Å². The lowest BCUT2D eigenvalue weighted by Crippen LogP contribution is -2.43. The largest absolute Gasteiger partial charge is 0.493 e. The van der Waals surface area contributed by atoms with E-state index in [1.807, 2.05) is 62.4 Å².